The number of nitrogens with zero attached hydrogens (tertiary/aromatic N) is 2. The zero-order valence-electron chi connectivity index (χ0n) is 21.3. The number of carbonyl (C=O) groups is 3. The minimum atomic E-state index is -1.10. The molecule has 1 aliphatic rings. The highest BCUT2D eigenvalue weighted by atomic mass is 19.1. The van der Waals surface area contributed by atoms with Crippen LogP contribution in [-0.4, -0.2) is 77.5 Å². The molecule has 3 rings (SSSR count). The first kappa shape index (κ1) is 28.2. The summed E-state index contributed by atoms with van der Waals surface area (Å²) < 4.78 is 27.5. The number of piperazine rings is 1. The molecule has 0 radical (unpaired) electrons. The van der Waals surface area contributed by atoms with E-state index in [2.05, 4.69) is 23.6 Å². The zero-order valence-corrected chi connectivity index (χ0v) is 21.3. The van der Waals surface area contributed by atoms with Gasteiger partial charge in [-0.05, 0) is 48.6 Å². The van der Waals surface area contributed by atoms with Crippen molar-refractivity contribution in [3.63, 3.8) is 0 Å². The Morgan fingerprint density at radius 1 is 1.08 bits per heavy atom. The van der Waals surface area contributed by atoms with Crippen LogP contribution in [0.4, 0.5) is 8.78 Å². The quantitative estimate of drug-likeness (QED) is 0.392. The summed E-state index contributed by atoms with van der Waals surface area (Å²) in [6.07, 6.45) is -0.247. The summed E-state index contributed by atoms with van der Waals surface area (Å²) in [6.45, 7) is 4.22. The lowest BCUT2D eigenvalue weighted by Crippen LogP contribution is -2.59. The molecule has 0 spiro atoms. The lowest BCUT2D eigenvalue weighted by molar-refractivity contribution is -0.158. The van der Waals surface area contributed by atoms with Gasteiger partial charge in [-0.1, -0.05) is 31.2 Å². The Balaban J connectivity index is 1.67. The van der Waals surface area contributed by atoms with Crippen LogP contribution in [0.2, 0.25) is 0 Å². The van der Waals surface area contributed by atoms with Crippen LogP contribution >= 0.6 is 0 Å². The largest absolute Gasteiger partial charge is 0.390 e. The van der Waals surface area contributed by atoms with E-state index in [4.69, 9.17) is 0 Å². The number of halogens is 2. The number of likely N-dealkylation sites (N-methyl/N-ethyl adjacent to an activating group) is 1. The van der Waals surface area contributed by atoms with E-state index in [0.29, 0.717) is 6.54 Å². The smallest absolute Gasteiger partial charge is 0.312 e. The Morgan fingerprint density at radius 3 is 2.43 bits per heavy atom. The van der Waals surface area contributed by atoms with Crippen LogP contribution in [0, 0.1) is 11.6 Å². The number of nitrogens with one attached hydrogen (secondary N) is 2. The van der Waals surface area contributed by atoms with Crippen molar-refractivity contribution in [3.05, 3.63) is 70.8 Å². The Bertz CT molecular complexity index is 1110. The van der Waals surface area contributed by atoms with Gasteiger partial charge in [0.1, 0.15) is 18.2 Å². The topological polar surface area (TPSA) is 102 Å². The van der Waals surface area contributed by atoms with Crippen LogP contribution < -0.4 is 10.6 Å². The molecule has 0 bridgehead atoms. The number of benzene rings is 2. The van der Waals surface area contributed by atoms with Crippen LogP contribution in [0.3, 0.4) is 0 Å². The Morgan fingerprint density at radius 2 is 1.76 bits per heavy atom. The van der Waals surface area contributed by atoms with Crippen molar-refractivity contribution in [2.24, 2.45) is 0 Å². The summed E-state index contributed by atoms with van der Waals surface area (Å²) in [5.41, 5.74) is 2.48. The van der Waals surface area contributed by atoms with Crippen LogP contribution in [0.25, 0.3) is 0 Å². The molecule has 1 fully saturated rings. The number of hydrogen-bond acceptors (Lipinski definition) is 5. The first-order valence-corrected chi connectivity index (χ1v) is 12.3. The number of hydrogen-bond donors (Lipinski definition) is 3. The highest BCUT2D eigenvalue weighted by molar-refractivity contribution is 6.35. The van der Waals surface area contributed by atoms with Gasteiger partial charge in [0.05, 0.1) is 12.1 Å². The average molecular weight is 517 g/mol. The van der Waals surface area contributed by atoms with Gasteiger partial charge in [0.25, 0.3) is 0 Å². The molecule has 1 saturated heterocycles. The fourth-order valence-electron chi connectivity index (χ4n) is 4.30. The molecule has 0 aromatic heterocycles. The van der Waals surface area contributed by atoms with Gasteiger partial charge in [0, 0.05) is 38.8 Å². The van der Waals surface area contributed by atoms with E-state index < -0.39 is 41.5 Å². The van der Waals surface area contributed by atoms with E-state index >= 15 is 0 Å². The second-order valence-corrected chi connectivity index (χ2v) is 9.48. The van der Waals surface area contributed by atoms with E-state index in [9.17, 15) is 28.3 Å². The first-order chi connectivity index (χ1) is 17.6. The summed E-state index contributed by atoms with van der Waals surface area (Å²) in [7, 11) is 1.53. The van der Waals surface area contributed by atoms with Crippen LogP contribution in [0.15, 0.2) is 42.5 Å². The number of amides is 3. The summed E-state index contributed by atoms with van der Waals surface area (Å²) >= 11 is 0. The maximum atomic E-state index is 13.8. The van der Waals surface area contributed by atoms with Crippen molar-refractivity contribution >= 4 is 17.7 Å². The van der Waals surface area contributed by atoms with Crippen molar-refractivity contribution in [2.45, 2.75) is 51.4 Å². The second kappa shape index (κ2) is 12.7. The van der Waals surface area contributed by atoms with Gasteiger partial charge in [0.2, 0.25) is 5.91 Å². The van der Waals surface area contributed by atoms with Crippen molar-refractivity contribution in [2.75, 3.05) is 26.7 Å². The number of aliphatic hydroxyl groups excluding tert-OH is 1. The average Bonchev–Trinajstić information content (AvgIpc) is 2.85. The molecule has 2 aromatic rings. The Kier molecular flexibility index (Phi) is 9.71. The minimum absolute atomic E-state index is 0.0411. The second-order valence-electron chi connectivity index (χ2n) is 9.48. The number of rotatable bonds is 11. The lowest BCUT2D eigenvalue weighted by atomic mass is 10.0. The SMILES string of the molecule is CCc1cccc(CNC[C@@H](O)[C@H](Cc2cc(F)cc(F)c2)NC(=O)CN2C[C@H](C)N(C)C(=O)C2=O)c1. The fourth-order valence-corrected chi connectivity index (χ4v) is 4.30. The van der Waals surface area contributed by atoms with Crippen molar-refractivity contribution in [3.8, 4) is 0 Å². The minimum Gasteiger partial charge on any atom is -0.390 e. The summed E-state index contributed by atoms with van der Waals surface area (Å²) in [4.78, 5) is 39.8. The van der Waals surface area contributed by atoms with Gasteiger partial charge in [0.15, 0.2) is 0 Å². The molecular formula is C27H34F2N4O4. The zero-order chi connectivity index (χ0) is 27.1. The normalized spacial score (nSPS) is 17.6. The third kappa shape index (κ3) is 7.80. The maximum absolute atomic E-state index is 13.8. The fraction of sp³-hybridized carbons (Fsp3) is 0.444. The monoisotopic (exact) mass is 516 g/mol. The molecule has 8 nitrogen and oxygen atoms in total. The van der Waals surface area contributed by atoms with E-state index in [-0.39, 0.29) is 37.7 Å². The van der Waals surface area contributed by atoms with Crippen LogP contribution in [0.1, 0.15) is 30.5 Å². The molecule has 2 aromatic carbocycles. The molecule has 1 heterocycles. The molecule has 200 valence electrons. The van der Waals surface area contributed by atoms with Gasteiger partial charge in [-0.15, -0.1) is 0 Å². The van der Waals surface area contributed by atoms with Crippen LogP contribution in [0.5, 0.6) is 0 Å². The molecule has 0 aliphatic carbocycles. The van der Waals surface area contributed by atoms with E-state index in [0.717, 1.165) is 35.1 Å². The maximum Gasteiger partial charge on any atom is 0.312 e. The first-order valence-electron chi connectivity index (χ1n) is 12.3. The third-order valence-electron chi connectivity index (χ3n) is 6.54. The number of carbonyl (C=O) groups excluding carboxylic acids is 3. The van der Waals surface area contributed by atoms with Crippen molar-refractivity contribution in [1.82, 2.24) is 20.4 Å². The van der Waals surface area contributed by atoms with Crippen molar-refractivity contribution in [1.29, 1.82) is 0 Å². The van der Waals surface area contributed by atoms with E-state index in [1.165, 1.54) is 17.5 Å². The van der Waals surface area contributed by atoms with Crippen LogP contribution in [-0.2, 0) is 33.8 Å². The molecule has 0 unspecified atom stereocenters. The molecule has 0 saturated carbocycles. The summed E-state index contributed by atoms with van der Waals surface area (Å²) in [6, 6.07) is 9.87. The third-order valence-corrected chi connectivity index (χ3v) is 6.54. The predicted octanol–water partition coefficient (Wildman–Crippen LogP) is 1.39. The van der Waals surface area contributed by atoms with Crippen molar-refractivity contribution < 1.29 is 28.3 Å². The highest BCUT2D eigenvalue weighted by Crippen LogP contribution is 2.13. The lowest BCUT2D eigenvalue weighted by Gasteiger charge is -2.36. The highest BCUT2D eigenvalue weighted by Gasteiger charge is 2.36. The molecule has 3 amide bonds. The Labute approximate surface area is 215 Å². The van der Waals surface area contributed by atoms with Gasteiger partial charge in [-0.3, -0.25) is 14.4 Å². The molecule has 3 N–H and O–H groups in total. The van der Waals surface area contributed by atoms with Gasteiger partial charge < -0.3 is 25.5 Å². The number of aliphatic hydroxyl groups is 1. The number of aryl methyl sites for hydroxylation is 1. The molecule has 10 heteroatoms. The van der Waals surface area contributed by atoms with E-state index in [1.807, 2.05) is 18.2 Å². The summed E-state index contributed by atoms with van der Waals surface area (Å²) in [5, 5.41) is 16.8. The van der Waals surface area contributed by atoms with Gasteiger partial charge in [-0.2, -0.15) is 0 Å². The molecule has 37 heavy (non-hydrogen) atoms. The van der Waals surface area contributed by atoms with E-state index in [1.54, 1.807) is 6.92 Å². The van der Waals surface area contributed by atoms with Gasteiger partial charge in [-0.25, -0.2) is 8.78 Å². The summed E-state index contributed by atoms with van der Waals surface area (Å²) in [5.74, 6) is -3.60. The van der Waals surface area contributed by atoms with Gasteiger partial charge >= 0.3 is 11.8 Å². The molecule has 1 aliphatic heterocycles. The molecular weight excluding hydrogens is 482 g/mol. The predicted molar refractivity (Wildman–Crippen MR) is 134 cm³/mol. The Hall–Kier alpha value is -3.37. The molecule has 3 atom stereocenters. The standard InChI is InChI=1S/C27H34F2N4O4/c1-4-18-6-5-7-19(8-18)13-30-14-24(34)23(11-20-9-21(28)12-22(29)10-20)31-25(35)16-33-15-17(2)32(3)26(36)27(33)37/h5-10,12,17,23-24,30,34H,4,11,13-16H2,1-3H3,(H,31,35)/t17-,23-,24+/m0/s1.